The monoisotopic (exact) mass is 335 g/mol. The molecule has 0 aromatic heterocycles. The van der Waals surface area contributed by atoms with Crippen LogP contribution < -0.4 is 0 Å². The van der Waals surface area contributed by atoms with E-state index in [0.717, 1.165) is 12.8 Å². The highest BCUT2D eigenvalue weighted by atomic mass is 16.7. The van der Waals surface area contributed by atoms with Crippen LogP contribution in [0.1, 0.15) is 72.5 Å². The third kappa shape index (κ3) is 4.57. The molecular weight excluding hydrogens is 302 g/mol. The van der Waals surface area contributed by atoms with E-state index >= 15 is 0 Å². The van der Waals surface area contributed by atoms with Crippen LogP contribution in [0.4, 0.5) is 0 Å². The number of hydrogen-bond acceptors (Lipinski definition) is 4. The van der Waals surface area contributed by atoms with Crippen LogP contribution in [0.3, 0.4) is 0 Å². The number of hydroxylamine groups is 2. The van der Waals surface area contributed by atoms with Crippen LogP contribution in [0.2, 0.25) is 0 Å². The Labute approximate surface area is 146 Å². The van der Waals surface area contributed by atoms with Crippen LogP contribution in [0.5, 0.6) is 0 Å². The van der Waals surface area contributed by atoms with E-state index in [0.29, 0.717) is 6.42 Å². The normalized spacial score (nSPS) is 23.8. The van der Waals surface area contributed by atoms with Crippen molar-refractivity contribution < 1.29 is 14.7 Å². The maximum atomic E-state index is 9.84. The zero-order valence-corrected chi connectivity index (χ0v) is 16.0. The number of aliphatic hydroxyl groups excluding tert-OH is 1. The molecule has 2 unspecified atom stereocenters. The molecule has 2 rings (SSSR count). The van der Waals surface area contributed by atoms with Crippen LogP contribution in [-0.4, -0.2) is 33.6 Å². The van der Waals surface area contributed by atoms with Crippen molar-refractivity contribution in [2.24, 2.45) is 0 Å². The highest BCUT2D eigenvalue weighted by molar-refractivity contribution is 5.16. The summed E-state index contributed by atoms with van der Waals surface area (Å²) in [5, 5.41) is 12.0. The van der Waals surface area contributed by atoms with E-state index in [4.69, 9.17) is 9.57 Å². The van der Waals surface area contributed by atoms with E-state index in [1.807, 2.05) is 25.1 Å². The van der Waals surface area contributed by atoms with E-state index in [-0.39, 0.29) is 23.3 Å². The number of benzene rings is 1. The van der Waals surface area contributed by atoms with Gasteiger partial charge < -0.3 is 9.84 Å². The lowest BCUT2D eigenvalue weighted by atomic mass is 9.80. The molecule has 1 heterocycles. The van der Waals surface area contributed by atoms with E-state index < -0.39 is 6.29 Å². The molecule has 1 saturated heterocycles. The lowest BCUT2D eigenvalue weighted by Gasteiger charge is -2.54. The highest BCUT2D eigenvalue weighted by Gasteiger charge is 2.48. The number of nitrogens with zero attached hydrogens (tertiary/aromatic N) is 1. The Hall–Kier alpha value is -0.940. The lowest BCUT2D eigenvalue weighted by Crippen LogP contribution is -2.62. The molecule has 24 heavy (non-hydrogen) atoms. The summed E-state index contributed by atoms with van der Waals surface area (Å²) < 4.78 is 5.82. The van der Waals surface area contributed by atoms with Crippen LogP contribution in [-0.2, 0) is 9.57 Å². The Morgan fingerprint density at radius 1 is 1.12 bits per heavy atom. The van der Waals surface area contributed by atoms with Crippen molar-refractivity contribution in [1.29, 1.82) is 0 Å². The number of ether oxygens (including phenoxy) is 1. The number of rotatable bonds is 6. The largest absolute Gasteiger partial charge is 0.368 e. The van der Waals surface area contributed by atoms with Gasteiger partial charge in [0.2, 0.25) is 0 Å². The number of piperidine rings is 1. The summed E-state index contributed by atoms with van der Waals surface area (Å²) in [6, 6.07) is 10.3. The molecule has 0 saturated carbocycles. The van der Waals surface area contributed by atoms with Gasteiger partial charge in [0.05, 0.1) is 6.10 Å². The van der Waals surface area contributed by atoms with Crippen molar-refractivity contribution in [3.05, 3.63) is 35.9 Å². The first-order valence-electron chi connectivity index (χ1n) is 9.01. The summed E-state index contributed by atoms with van der Waals surface area (Å²) >= 11 is 0. The summed E-state index contributed by atoms with van der Waals surface area (Å²) in [5.74, 6) is 0. The van der Waals surface area contributed by atoms with Gasteiger partial charge in [0, 0.05) is 11.1 Å². The maximum absolute atomic E-state index is 9.84. The number of hydrogen-bond donors (Lipinski definition) is 1. The molecule has 0 aliphatic carbocycles. The molecule has 0 amide bonds. The molecular formula is C20H33NO3. The maximum Gasteiger partial charge on any atom is 0.154 e. The van der Waals surface area contributed by atoms with Gasteiger partial charge in [0.1, 0.15) is 6.10 Å². The predicted molar refractivity (Wildman–Crippen MR) is 96.3 cm³/mol. The van der Waals surface area contributed by atoms with Gasteiger partial charge in [0.15, 0.2) is 6.29 Å². The van der Waals surface area contributed by atoms with Crippen molar-refractivity contribution in [3.8, 4) is 0 Å². The SMILES string of the molecule is CCC(O)OC1CC(C)(C)N(OC(C)c2ccccc2)C(C)(C)C1. The second kappa shape index (κ2) is 7.52. The molecule has 0 radical (unpaired) electrons. The second-order valence-corrected chi connectivity index (χ2v) is 8.11. The minimum absolute atomic E-state index is 0.0107. The Morgan fingerprint density at radius 3 is 2.17 bits per heavy atom. The van der Waals surface area contributed by atoms with Gasteiger partial charge in [-0.05, 0) is 59.4 Å². The van der Waals surface area contributed by atoms with Crippen molar-refractivity contribution in [3.63, 3.8) is 0 Å². The van der Waals surface area contributed by atoms with E-state index in [9.17, 15) is 5.11 Å². The van der Waals surface area contributed by atoms with Crippen LogP contribution in [0.15, 0.2) is 30.3 Å². The topological polar surface area (TPSA) is 41.9 Å². The van der Waals surface area contributed by atoms with Crippen molar-refractivity contribution in [2.75, 3.05) is 0 Å². The zero-order chi connectivity index (χ0) is 18.0. The van der Waals surface area contributed by atoms with E-state index in [1.165, 1.54) is 5.56 Å². The Balaban J connectivity index is 2.12. The molecule has 1 N–H and O–H groups in total. The molecule has 0 spiro atoms. The standard InChI is InChI=1S/C20H33NO3/c1-7-18(22)23-17-13-19(3,4)21(20(5,6)14-17)24-15(2)16-11-9-8-10-12-16/h8-12,15,17-18,22H,7,13-14H2,1-6H3. The van der Waals surface area contributed by atoms with Gasteiger partial charge >= 0.3 is 0 Å². The summed E-state index contributed by atoms with van der Waals surface area (Å²) in [6.45, 7) is 12.7. The molecule has 1 aliphatic rings. The van der Waals surface area contributed by atoms with E-state index in [1.54, 1.807) is 0 Å². The molecule has 1 fully saturated rings. The van der Waals surface area contributed by atoms with Crippen molar-refractivity contribution in [2.45, 2.75) is 90.4 Å². The average molecular weight is 335 g/mol. The van der Waals surface area contributed by atoms with Crippen LogP contribution in [0, 0.1) is 0 Å². The molecule has 1 aromatic carbocycles. The van der Waals surface area contributed by atoms with Gasteiger partial charge in [-0.25, -0.2) is 0 Å². The first kappa shape index (κ1) is 19.4. The lowest BCUT2D eigenvalue weighted by molar-refractivity contribution is -0.321. The zero-order valence-electron chi connectivity index (χ0n) is 16.0. The average Bonchev–Trinajstić information content (AvgIpc) is 2.50. The molecule has 1 aromatic rings. The summed E-state index contributed by atoms with van der Waals surface area (Å²) in [7, 11) is 0. The third-order valence-corrected chi connectivity index (χ3v) is 4.79. The van der Waals surface area contributed by atoms with Gasteiger partial charge in [0.25, 0.3) is 0 Å². The Bertz CT molecular complexity index is 497. The Morgan fingerprint density at radius 2 is 1.67 bits per heavy atom. The molecule has 136 valence electrons. The first-order chi connectivity index (χ1) is 11.2. The fourth-order valence-electron chi connectivity index (χ4n) is 3.81. The molecule has 4 heteroatoms. The van der Waals surface area contributed by atoms with Crippen LogP contribution in [0.25, 0.3) is 0 Å². The van der Waals surface area contributed by atoms with Gasteiger partial charge in [-0.2, -0.15) is 5.06 Å². The van der Waals surface area contributed by atoms with Crippen molar-refractivity contribution in [1.82, 2.24) is 5.06 Å². The predicted octanol–water partition coefficient (Wildman–Crippen LogP) is 4.45. The highest BCUT2D eigenvalue weighted by Crippen LogP contribution is 2.41. The second-order valence-electron chi connectivity index (χ2n) is 8.11. The molecule has 1 aliphatic heterocycles. The third-order valence-electron chi connectivity index (χ3n) is 4.79. The fraction of sp³-hybridized carbons (Fsp3) is 0.700. The fourth-order valence-corrected chi connectivity index (χ4v) is 3.81. The van der Waals surface area contributed by atoms with Gasteiger partial charge in [-0.15, -0.1) is 0 Å². The van der Waals surface area contributed by atoms with Gasteiger partial charge in [-0.3, -0.25) is 4.84 Å². The molecule has 4 nitrogen and oxygen atoms in total. The molecule has 0 bridgehead atoms. The van der Waals surface area contributed by atoms with E-state index in [2.05, 4.69) is 51.8 Å². The summed E-state index contributed by atoms with van der Waals surface area (Å²) in [4.78, 5) is 6.40. The minimum atomic E-state index is -0.683. The molecule has 2 atom stereocenters. The first-order valence-corrected chi connectivity index (χ1v) is 9.01. The van der Waals surface area contributed by atoms with Crippen LogP contribution >= 0.6 is 0 Å². The minimum Gasteiger partial charge on any atom is -0.368 e. The van der Waals surface area contributed by atoms with Crippen molar-refractivity contribution >= 4 is 0 Å². The number of aliphatic hydroxyl groups is 1. The smallest absolute Gasteiger partial charge is 0.154 e. The summed E-state index contributed by atoms with van der Waals surface area (Å²) in [6.07, 6.45) is 1.62. The summed E-state index contributed by atoms with van der Waals surface area (Å²) in [5.41, 5.74) is 0.815. The van der Waals surface area contributed by atoms with Gasteiger partial charge in [-0.1, -0.05) is 37.3 Å². The quantitative estimate of drug-likeness (QED) is 0.780. The Kier molecular flexibility index (Phi) is 6.08.